The molecule has 116 valence electrons. The molecule has 0 aromatic heterocycles. The van der Waals surface area contributed by atoms with E-state index in [-0.39, 0.29) is 18.0 Å². The number of hydrogen-bond acceptors (Lipinski definition) is 3. The number of carbonyl (C=O) groups is 1. The lowest BCUT2D eigenvalue weighted by Crippen LogP contribution is -2.43. The molecular formula is C16H24BrN3O. The first-order valence-corrected chi connectivity index (χ1v) is 8.17. The van der Waals surface area contributed by atoms with Crippen LogP contribution in [-0.2, 0) is 4.79 Å². The summed E-state index contributed by atoms with van der Waals surface area (Å²) >= 11 is 3.56. The number of nitrogens with zero attached hydrogens (tertiary/aromatic N) is 1. The quantitative estimate of drug-likeness (QED) is 0.826. The summed E-state index contributed by atoms with van der Waals surface area (Å²) in [6.07, 6.45) is 1.04. The predicted octanol–water partition coefficient (Wildman–Crippen LogP) is 3.01. The van der Waals surface area contributed by atoms with E-state index in [1.165, 1.54) is 0 Å². The summed E-state index contributed by atoms with van der Waals surface area (Å²) in [4.78, 5) is 14.4. The van der Waals surface area contributed by atoms with Gasteiger partial charge in [-0.15, -0.1) is 0 Å². The molecule has 1 aromatic carbocycles. The van der Waals surface area contributed by atoms with E-state index < -0.39 is 0 Å². The van der Waals surface area contributed by atoms with Crippen LogP contribution in [0.3, 0.4) is 0 Å². The Morgan fingerprint density at radius 2 is 2.10 bits per heavy atom. The highest BCUT2D eigenvalue weighted by Gasteiger charge is 2.33. The van der Waals surface area contributed by atoms with Crippen LogP contribution in [0.15, 0.2) is 22.7 Å². The van der Waals surface area contributed by atoms with Crippen molar-refractivity contribution >= 4 is 27.5 Å². The minimum Gasteiger partial charge on any atom is -0.324 e. The van der Waals surface area contributed by atoms with E-state index in [0.29, 0.717) is 5.92 Å². The molecule has 2 rings (SSSR count). The second-order valence-electron chi connectivity index (χ2n) is 6.38. The number of halogens is 1. The van der Waals surface area contributed by atoms with Crippen molar-refractivity contribution in [2.24, 2.45) is 5.92 Å². The van der Waals surface area contributed by atoms with Crippen molar-refractivity contribution in [1.29, 1.82) is 0 Å². The minimum atomic E-state index is -0.278. The SMILES string of the molecule is CC(C)CC(CN(C)C)NC1C(=O)Nc2cccc(Br)c21. The molecule has 2 atom stereocenters. The Morgan fingerprint density at radius 3 is 2.71 bits per heavy atom. The van der Waals surface area contributed by atoms with E-state index in [4.69, 9.17) is 0 Å². The van der Waals surface area contributed by atoms with Gasteiger partial charge in [0.2, 0.25) is 5.91 Å². The Kier molecular flexibility index (Phi) is 5.41. The van der Waals surface area contributed by atoms with Crippen LogP contribution in [0.2, 0.25) is 0 Å². The summed E-state index contributed by atoms with van der Waals surface area (Å²) in [7, 11) is 4.13. The number of benzene rings is 1. The number of fused-ring (bicyclic) bond motifs is 1. The van der Waals surface area contributed by atoms with Crippen LogP contribution in [0.4, 0.5) is 5.69 Å². The number of amides is 1. The maximum Gasteiger partial charge on any atom is 0.246 e. The molecule has 2 N–H and O–H groups in total. The molecule has 0 spiro atoms. The van der Waals surface area contributed by atoms with Crippen molar-refractivity contribution in [1.82, 2.24) is 10.2 Å². The van der Waals surface area contributed by atoms with Gasteiger partial charge in [-0.2, -0.15) is 0 Å². The number of carbonyl (C=O) groups excluding carboxylic acids is 1. The molecule has 5 heteroatoms. The molecule has 0 saturated heterocycles. The van der Waals surface area contributed by atoms with Crippen molar-refractivity contribution in [3.05, 3.63) is 28.2 Å². The Morgan fingerprint density at radius 1 is 1.38 bits per heavy atom. The van der Waals surface area contributed by atoms with Crippen molar-refractivity contribution in [3.8, 4) is 0 Å². The van der Waals surface area contributed by atoms with Gasteiger partial charge in [0.25, 0.3) is 0 Å². The number of rotatable bonds is 6. The van der Waals surface area contributed by atoms with Crippen LogP contribution in [0, 0.1) is 5.92 Å². The fourth-order valence-electron chi connectivity index (χ4n) is 2.88. The Hall–Kier alpha value is -0.910. The van der Waals surface area contributed by atoms with E-state index in [1.807, 2.05) is 18.2 Å². The fraction of sp³-hybridized carbons (Fsp3) is 0.562. The monoisotopic (exact) mass is 353 g/mol. The smallest absolute Gasteiger partial charge is 0.246 e. The largest absolute Gasteiger partial charge is 0.324 e. The molecule has 1 aliphatic heterocycles. The van der Waals surface area contributed by atoms with E-state index in [1.54, 1.807) is 0 Å². The lowest BCUT2D eigenvalue weighted by molar-refractivity contribution is -0.117. The van der Waals surface area contributed by atoms with Gasteiger partial charge in [-0.3, -0.25) is 10.1 Å². The summed E-state index contributed by atoms with van der Waals surface area (Å²) < 4.78 is 0.976. The molecule has 0 saturated carbocycles. The molecule has 4 nitrogen and oxygen atoms in total. The maximum absolute atomic E-state index is 12.3. The van der Waals surface area contributed by atoms with Crippen LogP contribution in [0.25, 0.3) is 0 Å². The van der Waals surface area contributed by atoms with Gasteiger partial charge in [0, 0.05) is 28.3 Å². The van der Waals surface area contributed by atoms with Crippen LogP contribution >= 0.6 is 15.9 Å². The molecule has 2 unspecified atom stereocenters. The zero-order valence-electron chi connectivity index (χ0n) is 13.1. The highest BCUT2D eigenvalue weighted by Crippen LogP contribution is 2.36. The summed E-state index contributed by atoms with van der Waals surface area (Å²) in [6, 6.07) is 5.88. The predicted molar refractivity (Wildman–Crippen MR) is 90.4 cm³/mol. The minimum absolute atomic E-state index is 0.0319. The van der Waals surface area contributed by atoms with E-state index >= 15 is 0 Å². The molecule has 0 radical (unpaired) electrons. The molecule has 1 heterocycles. The van der Waals surface area contributed by atoms with Gasteiger partial charge < -0.3 is 10.2 Å². The molecule has 1 aliphatic rings. The lowest BCUT2D eigenvalue weighted by atomic mass is 10.0. The van der Waals surface area contributed by atoms with Gasteiger partial charge in [-0.25, -0.2) is 0 Å². The Balaban J connectivity index is 2.19. The third-order valence-corrected chi connectivity index (χ3v) is 4.30. The zero-order valence-corrected chi connectivity index (χ0v) is 14.7. The second-order valence-corrected chi connectivity index (χ2v) is 7.23. The first-order chi connectivity index (χ1) is 9.88. The first kappa shape index (κ1) is 16.5. The normalized spacial score (nSPS) is 19.0. The van der Waals surface area contributed by atoms with Crippen molar-refractivity contribution in [2.45, 2.75) is 32.4 Å². The lowest BCUT2D eigenvalue weighted by Gasteiger charge is -2.27. The molecule has 0 fully saturated rings. The maximum atomic E-state index is 12.3. The molecule has 0 aliphatic carbocycles. The highest BCUT2D eigenvalue weighted by atomic mass is 79.9. The number of hydrogen-bond donors (Lipinski definition) is 2. The van der Waals surface area contributed by atoms with E-state index in [0.717, 1.165) is 28.7 Å². The van der Waals surface area contributed by atoms with Gasteiger partial charge in [0.05, 0.1) is 0 Å². The first-order valence-electron chi connectivity index (χ1n) is 7.38. The Bertz CT molecular complexity index is 506. The standard InChI is InChI=1S/C16H24BrN3O/c1-10(2)8-11(9-20(3)4)18-15-14-12(17)6-5-7-13(14)19-16(15)21/h5-7,10-11,15,18H,8-9H2,1-4H3,(H,19,21). The molecule has 1 amide bonds. The van der Waals surface area contributed by atoms with E-state index in [2.05, 4.69) is 59.4 Å². The highest BCUT2D eigenvalue weighted by molar-refractivity contribution is 9.10. The third kappa shape index (κ3) is 4.05. The Labute approximate surface area is 135 Å². The van der Waals surface area contributed by atoms with Gasteiger partial charge >= 0.3 is 0 Å². The van der Waals surface area contributed by atoms with Crippen LogP contribution < -0.4 is 10.6 Å². The number of nitrogens with one attached hydrogen (secondary N) is 2. The summed E-state index contributed by atoms with van der Waals surface area (Å²) in [5.41, 5.74) is 1.93. The van der Waals surface area contributed by atoms with Gasteiger partial charge in [0.1, 0.15) is 6.04 Å². The van der Waals surface area contributed by atoms with Crippen LogP contribution in [0.1, 0.15) is 31.9 Å². The second kappa shape index (κ2) is 6.90. The van der Waals surface area contributed by atoms with Crippen LogP contribution in [0.5, 0.6) is 0 Å². The number of likely N-dealkylation sites (N-methyl/N-ethyl adjacent to an activating group) is 1. The van der Waals surface area contributed by atoms with E-state index in [9.17, 15) is 4.79 Å². The van der Waals surface area contributed by atoms with Gasteiger partial charge in [-0.1, -0.05) is 35.8 Å². The fourth-order valence-corrected chi connectivity index (χ4v) is 3.47. The van der Waals surface area contributed by atoms with Crippen LogP contribution in [-0.4, -0.2) is 37.5 Å². The molecule has 1 aromatic rings. The molecule has 0 bridgehead atoms. The average Bonchev–Trinajstić information content (AvgIpc) is 2.65. The molecule has 21 heavy (non-hydrogen) atoms. The average molecular weight is 354 g/mol. The molecular weight excluding hydrogens is 330 g/mol. The summed E-state index contributed by atoms with van der Waals surface area (Å²) in [5.74, 6) is 0.620. The topological polar surface area (TPSA) is 44.4 Å². The number of anilines is 1. The van der Waals surface area contributed by atoms with Gasteiger partial charge in [0.15, 0.2) is 0 Å². The third-order valence-electron chi connectivity index (χ3n) is 3.61. The summed E-state index contributed by atoms with van der Waals surface area (Å²) in [6.45, 7) is 5.34. The summed E-state index contributed by atoms with van der Waals surface area (Å²) in [5, 5.41) is 6.50. The zero-order chi connectivity index (χ0) is 15.6. The van der Waals surface area contributed by atoms with Crippen molar-refractivity contribution in [2.75, 3.05) is 26.0 Å². The van der Waals surface area contributed by atoms with Crippen molar-refractivity contribution < 1.29 is 4.79 Å². The van der Waals surface area contributed by atoms with Crippen molar-refractivity contribution in [3.63, 3.8) is 0 Å². The van der Waals surface area contributed by atoms with Gasteiger partial charge in [-0.05, 0) is 38.6 Å².